The Kier molecular flexibility index (Phi) is 2.49. The fourth-order valence-electron chi connectivity index (χ4n) is 0.868. The van der Waals surface area contributed by atoms with Crippen LogP contribution in [0.3, 0.4) is 0 Å². The molecule has 1 heterocycles. The standard InChI is InChI=1S/C8H9ClN2/c1-3-6-4-5-11-8(9)7(6)10-2/h3-5,10H,1H2,2H3. The molecule has 1 aromatic rings. The van der Waals surface area contributed by atoms with Crippen molar-refractivity contribution in [2.24, 2.45) is 0 Å². The Morgan fingerprint density at radius 2 is 2.45 bits per heavy atom. The van der Waals surface area contributed by atoms with E-state index >= 15 is 0 Å². The molecule has 58 valence electrons. The van der Waals surface area contributed by atoms with E-state index in [0.29, 0.717) is 5.15 Å². The molecule has 0 aliphatic heterocycles. The average Bonchev–Trinajstić information content (AvgIpc) is 2.04. The van der Waals surface area contributed by atoms with Crippen LogP contribution in [-0.2, 0) is 0 Å². The lowest BCUT2D eigenvalue weighted by molar-refractivity contribution is 1.30. The zero-order valence-corrected chi connectivity index (χ0v) is 7.02. The van der Waals surface area contributed by atoms with Crippen LogP contribution in [0.1, 0.15) is 5.56 Å². The molecular weight excluding hydrogens is 160 g/mol. The highest BCUT2D eigenvalue weighted by atomic mass is 35.5. The fourth-order valence-corrected chi connectivity index (χ4v) is 1.13. The van der Waals surface area contributed by atoms with Crippen LogP contribution in [-0.4, -0.2) is 12.0 Å². The first-order valence-electron chi connectivity index (χ1n) is 3.24. The maximum Gasteiger partial charge on any atom is 0.152 e. The molecule has 2 nitrogen and oxygen atoms in total. The number of pyridine rings is 1. The highest BCUT2D eigenvalue weighted by Gasteiger charge is 2.01. The van der Waals surface area contributed by atoms with Gasteiger partial charge in [0, 0.05) is 18.8 Å². The second-order valence-corrected chi connectivity index (χ2v) is 2.38. The van der Waals surface area contributed by atoms with Crippen molar-refractivity contribution >= 4 is 23.4 Å². The predicted molar refractivity (Wildman–Crippen MR) is 48.9 cm³/mol. The number of hydrogen-bond donors (Lipinski definition) is 1. The first-order valence-corrected chi connectivity index (χ1v) is 3.62. The Morgan fingerprint density at radius 1 is 1.73 bits per heavy atom. The molecule has 0 atom stereocenters. The molecule has 0 aromatic carbocycles. The van der Waals surface area contributed by atoms with Crippen molar-refractivity contribution in [3.05, 3.63) is 29.6 Å². The van der Waals surface area contributed by atoms with Crippen LogP contribution in [0.5, 0.6) is 0 Å². The summed E-state index contributed by atoms with van der Waals surface area (Å²) in [5.74, 6) is 0. The van der Waals surface area contributed by atoms with Crippen molar-refractivity contribution in [1.82, 2.24) is 4.98 Å². The Labute approximate surface area is 70.9 Å². The normalized spacial score (nSPS) is 9.27. The highest BCUT2D eigenvalue weighted by molar-refractivity contribution is 6.32. The van der Waals surface area contributed by atoms with Gasteiger partial charge < -0.3 is 5.32 Å². The summed E-state index contributed by atoms with van der Waals surface area (Å²) in [6.45, 7) is 3.65. The quantitative estimate of drug-likeness (QED) is 0.687. The van der Waals surface area contributed by atoms with Gasteiger partial charge in [0.1, 0.15) is 0 Å². The number of anilines is 1. The topological polar surface area (TPSA) is 24.9 Å². The van der Waals surface area contributed by atoms with Crippen molar-refractivity contribution in [1.29, 1.82) is 0 Å². The molecule has 0 aliphatic rings. The van der Waals surface area contributed by atoms with Crippen LogP contribution in [0.2, 0.25) is 5.15 Å². The zero-order valence-electron chi connectivity index (χ0n) is 6.26. The average molecular weight is 169 g/mol. The van der Waals surface area contributed by atoms with Gasteiger partial charge >= 0.3 is 0 Å². The van der Waals surface area contributed by atoms with Crippen LogP contribution >= 0.6 is 11.6 Å². The van der Waals surface area contributed by atoms with Crippen LogP contribution in [0.25, 0.3) is 6.08 Å². The van der Waals surface area contributed by atoms with Gasteiger partial charge in [0.25, 0.3) is 0 Å². The third-order valence-corrected chi connectivity index (χ3v) is 1.69. The molecule has 0 saturated carbocycles. The molecule has 0 fully saturated rings. The summed E-state index contributed by atoms with van der Waals surface area (Å²) in [5, 5.41) is 3.43. The molecule has 0 spiro atoms. The number of aromatic nitrogens is 1. The first-order chi connectivity index (χ1) is 5.29. The minimum Gasteiger partial charge on any atom is -0.385 e. The summed E-state index contributed by atoms with van der Waals surface area (Å²) < 4.78 is 0. The fraction of sp³-hybridized carbons (Fsp3) is 0.125. The molecule has 0 saturated heterocycles. The summed E-state index contributed by atoms with van der Waals surface area (Å²) >= 11 is 5.79. The van der Waals surface area contributed by atoms with E-state index in [1.807, 2.05) is 6.07 Å². The summed E-state index contributed by atoms with van der Waals surface area (Å²) in [7, 11) is 1.80. The van der Waals surface area contributed by atoms with Gasteiger partial charge in [-0.3, -0.25) is 0 Å². The van der Waals surface area contributed by atoms with E-state index in [2.05, 4.69) is 16.9 Å². The number of nitrogens with one attached hydrogen (secondary N) is 1. The lowest BCUT2D eigenvalue weighted by atomic mass is 10.2. The molecule has 0 aliphatic carbocycles. The second-order valence-electron chi connectivity index (χ2n) is 2.02. The zero-order chi connectivity index (χ0) is 8.27. The number of rotatable bonds is 2. The molecule has 1 N–H and O–H groups in total. The number of halogens is 1. The van der Waals surface area contributed by atoms with Crippen molar-refractivity contribution in [2.75, 3.05) is 12.4 Å². The number of nitrogens with zero attached hydrogens (tertiary/aromatic N) is 1. The summed E-state index contributed by atoms with van der Waals surface area (Å²) in [4.78, 5) is 3.91. The molecule has 0 radical (unpaired) electrons. The summed E-state index contributed by atoms with van der Waals surface area (Å²) in [6.07, 6.45) is 3.39. The molecular formula is C8H9ClN2. The van der Waals surface area contributed by atoms with E-state index in [1.165, 1.54) is 0 Å². The largest absolute Gasteiger partial charge is 0.385 e. The van der Waals surface area contributed by atoms with Crippen LogP contribution in [0, 0.1) is 0 Å². The van der Waals surface area contributed by atoms with Gasteiger partial charge in [-0.1, -0.05) is 24.3 Å². The molecule has 0 unspecified atom stereocenters. The van der Waals surface area contributed by atoms with Gasteiger partial charge in [0.2, 0.25) is 0 Å². The van der Waals surface area contributed by atoms with Gasteiger partial charge in [0.15, 0.2) is 5.15 Å². The Morgan fingerprint density at radius 3 is 2.91 bits per heavy atom. The van der Waals surface area contributed by atoms with Gasteiger partial charge in [-0.2, -0.15) is 0 Å². The van der Waals surface area contributed by atoms with E-state index in [-0.39, 0.29) is 0 Å². The Balaban J connectivity index is 3.23. The molecule has 0 amide bonds. The van der Waals surface area contributed by atoms with E-state index in [4.69, 9.17) is 11.6 Å². The molecule has 0 bridgehead atoms. The third kappa shape index (κ3) is 1.52. The van der Waals surface area contributed by atoms with E-state index in [1.54, 1.807) is 19.3 Å². The maximum absolute atomic E-state index is 5.79. The highest BCUT2D eigenvalue weighted by Crippen LogP contribution is 2.23. The SMILES string of the molecule is C=Cc1ccnc(Cl)c1NC. The monoisotopic (exact) mass is 168 g/mol. The maximum atomic E-state index is 5.79. The Bertz CT molecular complexity index is 271. The molecule has 3 heteroatoms. The van der Waals surface area contributed by atoms with Crippen molar-refractivity contribution in [3.63, 3.8) is 0 Å². The minimum atomic E-state index is 0.477. The molecule has 1 aromatic heterocycles. The van der Waals surface area contributed by atoms with Gasteiger partial charge in [-0.15, -0.1) is 0 Å². The lowest BCUT2D eigenvalue weighted by Crippen LogP contribution is -1.93. The van der Waals surface area contributed by atoms with Crippen molar-refractivity contribution in [2.45, 2.75) is 0 Å². The van der Waals surface area contributed by atoms with Crippen molar-refractivity contribution < 1.29 is 0 Å². The summed E-state index contributed by atoms with van der Waals surface area (Å²) in [5.41, 5.74) is 1.79. The smallest absolute Gasteiger partial charge is 0.152 e. The van der Waals surface area contributed by atoms with Crippen molar-refractivity contribution in [3.8, 4) is 0 Å². The molecule has 11 heavy (non-hydrogen) atoms. The van der Waals surface area contributed by atoms with E-state index < -0.39 is 0 Å². The van der Waals surface area contributed by atoms with E-state index in [9.17, 15) is 0 Å². The van der Waals surface area contributed by atoms with Crippen LogP contribution < -0.4 is 5.32 Å². The van der Waals surface area contributed by atoms with Gasteiger partial charge in [0.05, 0.1) is 5.69 Å². The first kappa shape index (κ1) is 8.08. The second kappa shape index (κ2) is 3.39. The summed E-state index contributed by atoms with van der Waals surface area (Å²) in [6, 6.07) is 1.85. The van der Waals surface area contributed by atoms with E-state index in [0.717, 1.165) is 11.3 Å². The molecule has 1 rings (SSSR count). The Hall–Kier alpha value is -1.02. The third-order valence-electron chi connectivity index (χ3n) is 1.41. The number of hydrogen-bond acceptors (Lipinski definition) is 2. The lowest BCUT2D eigenvalue weighted by Gasteiger charge is -2.04. The van der Waals surface area contributed by atoms with Crippen LogP contribution in [0.15, 0.2) is 18.8 Å². The van der Waals surface area contributed by atoms with Crippen LogP contribution in [0.4, 0.5) is 5.69 Å². The predicted octanol–water partition coefficient (Wildman–Crippen LogP) is 2.42. The minimum absolute atomic E-state index is 0.477. The van der Waals surface area contributed by atoms with Gasteiger partial charge in [-0.25, -0.2) is 4.98 Å². The van der Waals surface area contributed by atoms with Gasteiger partial charge in [-0.05, 0) is 6.07 Å².